The number of rotatable bonds is 6. The second-order valence-electron chi connectivity index (χ2n) is 6.52. The molecule has 4 unspecified atom stereocenters. The maximum Gasteiger partial charge on any atom is 0.119 e. The number of fused-ring (bicyclic) bond motifs is 2. The van der Waals surface area contributed by atoms with Crippen molar-refractivity contribution in [3.8, 4) is 5.75 Å². The van der Waals surface area contributed by atoms with E-state index in [1.165, 1.54) is 37.7 Å². The van der Waals surface area contributed by atoms with Crippen LogP contribution in [0.3, 0.4) is 0 Å². The summed E-state index contributed by atoms with van der Waals surface area (Å²) in [5, 5.41) is 3.52. The lowest BCUT2D eigenvalue weighted by atomic mass is 9.83. The van der Waals surface area contributed by atoms with Gasteiger partial charge in [-0.25, -0.2) is 0 Å². The number of hydrogen-bond donors (Lipinski definition) is 1. The Morgan fingerprint density at radius 1 is 1.30 bits per heavy atom. The van der Waals surface area contributed by atoms with E-state index in [0.717, 1.165) is 30.1 Å². The number of hydrogen-bond acceptors (Lipinski definition) is 2. The second kappa shape index (κ2) is 6.17. The molecule has 1 N–H and O–H groups in total. The summed E-state index contributed by atoms with van der Waals surface area (Å²) in [5.74, 6) is 3.98. The third-order valence-corrected chi connectivity index (χ3v) is 5.34. The van der Waals surface area contributed by atoms with Crippen LogP contribution < -0.4 is 10.1 Å². The van der Waals surface area contributed by atoms with Crippen molar-refractivity contribution in [1.29, 1.82) is 0 Å². The van der Waals surface area contributed by atoms with E-state index < -0.39 is 0 Å². The van der Waals surface area contributed by atoms with Gasteiger partial charge in [0.2, 0.25) is 0 Å². The smallest absolute Gasteiger partial charge is 0.119 e. The van der Waals surface area contributed by atoms with Crippen LogP contribution in [0.1, 0.15) is 50.6 Å². The van der Waals surface area contributed by atoms with Crippen molar-refractivity contribution in [1.82, 2.24) is 5.32 Å². The summed E-state index contributed by atoms with van der Waals surface area (Å²) in [7, 11) is 2.09. The highest BCUT2D eigenvalue weighted by Gasteiger charge is 2.40. The molecule has 0 amide bonds. The van der Waals surface area contributed by atoms with Gasteiger partial charge in [-0.1, -0.05) is 18.6 Å². The second-order valence-corrected chi connectivity index (χ2v) is 6.52. The van der Waals surface area contributed by atoms with E-state index in [4.69, 9.17) is 4.74 Å². The van der Waals surface area contributed by atoms with Crippen LogP contribution in [0.2, 0.25) is 0 Å². The Balaban J connectivity index is 1.68. The van der Waals surface area contributed by atoms with Crippen molar-refractivity contribution in [2.45, 2.75) is 45.1 Å². The lowest BCUT2D eigenvalue weighted by Crippen LogP contribution is -2.22. The molecule has 2 aliphatic carbocycles. The van der Waals surface area contributed by atoms with Crippen LogP contribution in [0.4, 0.5) is 0 Å². The van der Waals surface area contributed by atoms with Gasteiger partial charge in [0, 0.05) is 6.04 Å². The molecule has 0 aliphatic heterocycles. The molecule has 4 atom stereocenters. The van der Waals surface area contributed by atoms with Gasteiger partial charge in [-0.3, -0.25) is 0 Å². The zero-order valence-corrected chi connectivity index (χ0v) is 12.8. The Labute approximate surface area is 122 Å². The first-order valence-electron chi connectivity index (χ1n) is 8.20. The van der Waals surface area contributed by atoms with Gasteiger partial charge in [-0.15, -0.1) is 0 Å². The Bertz CT molecular complexity index is 445. The molecule has 0 radical (unpaired) electrons. The summed E-state index contributed by atoms with van der Waals surface area (Å²) in [5.41, 5.74) is 1.38. The van der Waals surface area contributed by atoms with Gasteiger partial charge in [0.05, 0.1) is 6.61 Å². The quantitative estimate of drug-likeness (QED) is 0.840. The lowest BCUT2D eigenvalue weighted by molar-refractivity contribution is 0.283. The molecule has 2 heteroatoms. The molecule has 110 valence electrons. The van der Waals surface area contributed by atoms with Crippen LogP contribution >= 0.6 is 0 Å². The van der Waals surface area contributed by atoms with Gasteiger partial charge in [0.25, 0.3) is 0 Å². The standard InChI is InChI=1S/C18H27NO/c1-3-20-17-6-4-5-15(11-17)18(19-2)12-16-10-13-7-8-14(16)9-13/h4-6,11,13-14,16,18-19H,3,7-10,12H2,1-2H3. The first-order chi connectivity index (χ1) is 9.80. The summed E-state index contributed by atoms with van der Waals surface area (Å²) in [6, 6.07) is 9.08. The van der Waals surface area contributed by atoms with E-state index >= 15 is 0 Å². The van der Waals surface area contributed by atoms with E-state index in [2.05, 4.69) is 36.6 Å². The highest BCUT2D eigenvalue weighted by molar-refractivity contribution is 5.30. The lowest BCUT2D eigenvalue weighted by Gasteiger charge is -2.27. The molecule has 3 rings (SSSR count). The molecule has 20 heavy (non-hydrogen) atoms. The average molecular weight is 273 g/mol. The van der Waals surface area contributed by atoms with Crippen LogP contribution in [-0.2, 0) is 0 Å². The van der Waals surface area contributed by atoms with E-state index in [9.17, 15) is 0 Å². The maximum atomic E-state index is 5.63. The van der Waals surface area contributed by atoms with Crippen LogP contribution in [0.25, 0.3) is 0 Å². The Morgan fingerprint density at radius 2 is 2.20 bits per heavy atom. The molecule has 0 spiro atoms. The maximum absolute atomic E-state index is 5.63. The molecule has 1 aromatic carbocycles. The minimum atomic E-state index is 0.472. The molecule has 1 aromatic rings. The third kappa shape index (κ3) is 2.85. The first-order valence-corrected chi connectivity index (χ1v) is 8.20. The Morgan fingerprint density at radius 3 is 2.85 bits per heavy atom. The SMILES string of the molecule is CCOc1cccc(C(CC2CC3CCC2C3)NC)c1. The molecule has 2 bridgehead atoms. The van der Waals surface area contributed by atoms with Crippen LogP contribution in [-0.4, -0.2) is 13.7 Å². The van der Waals surface area contributed by atoms with E-state index in [1.807, 2.05) is 6.92 Å². The summed E-state index contributed by atoms with van der Waals surface area (Å²) >= 11 is 0. The van der Waals surface area contributed by atoms with Gasteiger partial charge in [-0.05, 0) is 75.1 Å². The predicted molar refractivity (Wildman–Crippen MR) is 83.0 cm³/mol. The molecule has 0 saturated heterocycles. The van der Waals surface area contributed by atoms with Crippen molar-refractivity contribution in [3.63, 3.8) is 0 Å². The van der Waals surface area contributed by atoms with Gasteiger partial charge in [0.15, 0.2) is 0 Å². The fourth-order valence-electron chi connectivity index (χ4n) is 4.38. The minimum Gasteiger partial charge on any atom is -0.494 e. The minimum absolute atomic E-state index is 0.472. The third-order valence-electron chi connectivity index (χ3n) is 5.34. The van der Waals surface area contributed by atoms with Crippen molar-refractivity contribution in [3.05, 3.63) is 29.8 Å². The van der Waals surface area contributed by atoms with Crippen LogP contribution in [0, 0.1) is 17.8 Å². The molecule has 2 aliphatic rings. The van der Waals surface area contributed by atoms with Gasteiger partial charge in [0.1, 0.15) is 5.75 Å². The normalized spacial score (nSPS) is 29.6. The topological polar surface area (TPSA) is 21.3 Å². The monoisotopic (exact) mass is 273 g/mol. The summed E-state index contributed by atoms with van der Waals surface area (Å²) in [6.07, 6.45) is 7.22. The van der Waals surface area contributed by atoms with Crippen LogP contribution in [0.5, 0.6) is 5.75 Å². The van der Waals surface area contributed by atoms with Crippen LogP contribution in [0.15, 0.2) is 24.3 Å². The molecule has 2 nitrogen and oxygen atoms in total. The largest absolute Gasteiger partial charge is 0.494 e. The van der Waals surface area contributed by atoms with E-state index in [0.29, 0.717) is 6.04 Å². The molecule has 2 saturated carbocycles. The summed E-state index contributed by atoms with van der Waals surface area (Å²) < 4.78 is 5.63. The highest BCUT2D eigenvalue weighted by atomic mass is 16.5. The predicted octanol–water partition coefficient (Wildman–Crippen LogP) is 4.17. The molecule has 0 aromatic heterocycles. The molecule has 0 heterocycles. The van der Waals surface area contributed by atoms with Crippen molar-refractivity contribution in [2.75, 3.05) is 13.7 Å². The number of ether oxygens (including phenoxy) is 1. The Hall–Kier alpha value is -1.02. The zero-order chi connectivity index (χ0) is 13.9. The Kier molecular flexibility index (Phi) is 4.30. The fraction of sp³-hybridized carbons (Fsp3) is 0.667. The molecular formula is C18H27NO. The fourth-order valence-corrected chi connectivity index (χ4v) is 4.38. The van der Waals surface area contributed by atoms with Gasteiger partial charge < -0.3 is 10.1 Å². The molecular weight excluding hydrogens is 246 g/mol. The number of nitrogens with one attached hydrogen (secondary N) is 1. The zero-order valence-electron chi connectivity index (χ0n) is 12.8. The molecule has 2 fully saturated rings. The van der Waals surface area contributed by atoms with Crippen molar-refractivity contribution >= 4 is 0 Å². The summed E-state index contributed by atoms with van der Waals surface area (Å²) in [6.45, 7) is 2.78. The van der Waals surface area contributed by atoms with Gasteiger partial charge >= 0.3 is 0 Å². The highest BCUT2D eigenvalue weighted by Crippen LogP contribution is 2.50. The van der Waals surface area contributed by atoms with E-state index in [-0.39, 0.29) is 0 Å². The average Bonchev–Trinajstić information content (AvgIpc) is 3.08. The summed E-state index contributed by atoms with van der Waals surface area (Å²) in [4.78, 5) is 0. The van der Waals surface area contributed by atoms with Crippen molar-refractivity contribution < 1.29 is 4.74 Å². The van der Waals surface area contributed by atoms with Gasteiger partial charge in [-0.2, -0.15) is 0 Å². The van der Waals surface area contributed by atoms with E-state index in [1.54, 1.807) is 0 Å². The van der Waals surface area contributed by atoms with Crippen molar-refractivity contribution in [2.24, 2.45) is 17.8 Å². The first kappa shape index (κ1) is 13.9. The number of benzene rings is 1.